The average molecular weight is 414 g/mol. The molecular weight excluding hydrogens is 386 g/mol. The number of carbonyl (C=O) groups is 2. The van der Waals surface area contributed by atoms with E-state index in [1.807, 2.05) is 22.4 Å². The maximum Gasteiger partial charge on any atom is 0.274 e. The molecule has 154 valence electrons. The molecule has 2 aromatic rings. The Morgan fingerprint density at radius 3 is 2.66 bits per heavy atom. The van der Waals surface area contributed by atoms with Gasteiger partial charge in [-0.3, -0.25) is 14.4 Å². The van der Waals surface area contributed by atoms with Gasteiger partial charge in [0.1, 0.15) is 5.69 Å². The highest BCUT2D eigenvalue weighted by molar-refractivity contribution is 7.12. The van der Waals surface area contributed by atoms with E-state index in [-0.39, 0.29) is 34.6 Å². The van der Waals surface area contributed by atoms with Crippen molar-refractivity contribution in [3.63, 3.8) is 0 Å². The Kier molecular flexibility index (Phi) is 5.11. The van der Waals surface area contributed by atoms with Crippen molar-refractivity contribution in [3.8, 4) is 0 Å². The lowest BCUT2D eigenvalue weighted by atomic mass is 9.82. The Balaban J connectivity index is 1.55. The van der Waals surface area contributed by atoms with Gasteiger partial charge in [0.25, 0.3) is 11.5 Å². The molecule has 0 spiro atoms. The van der Waals surface area contributed by atoms with Gasteiger partial charge in [-0.25, -0.2) is 0 Å². The van der Waals surface area contributed by atoms with E-state index in [1.54, 1.807) is 16.7 Å². The lowest BCUT2D eigenvalue weighted by molar-refractivity contribution is -0.135. The summed E-state index contributed by atoms with van der Waals surface area (Å²) in [7, 11) is 0. The lowest BCUT2D eigenvalue weighted by Gasteiger charge is -2.43. The topological polar surface area (TPSA) is 71.4 Å². The average Bonchev–Trinajstić information content (AvgIpc) is 3.18. The van der Waals surface area contributed by atoms with Crippen molar-refractivity contribution in [1.82, 2.24) is 9.47 Å². The van der Waals surface area contributed by atoms with Gasteiger partial charge >= 0.3 is 0 Å². The number of nitrogens with one attached hydrogen (secondary N) is 1. The number of thiophene rings is 1. The summed E-state index contributed by atoms with van der Waals surface area (Å²) in [5.41, 5.74) is 1.09. The number of rotatable bonds is 3. The van der Waals surface area contributed by atoms with Crippen molar-refractivity contribution in [2.45, 2.75) is 46.1 Å². The Labute approximate surface area is 174 Å². The van der Waals surface area contributed by atoms with Crippen molar-refractivity contribution >= 4 is 28.8 Å². The zero-order chi connectivity index (χ0) is 20.8. The molecule has 2 bridgehead atoms. The Morgan fingerprint density at radius 1 is 1.17 bits per heavy atom. The molecule has 1 saturated heterocycles. The van der Waals surface area contributed by atoms with Crippen LogP contribution in [0.25, 0.3) is 0 Å². The molecule has 2 atom stereocenters. The van der Waals surface area contributed by atoms with Crippen LogP contribution in [0.15, 0.2) is 34.4 Å². The van der Waals surface area contributed by atoms with Gasteiger partial charge in [0.2, 0.25) is 5.91 Å². The number of fused-ring (bicyclic) bond motifs is 4. The predicted molar refractivity (Wildman–Crippen MR) is 114 cm³/mol. The van der Waals surface area contributed by atoms with Crippen molar-refractivity contribution in [2.24, 2.45) is 11.3 Å². The number of piperidine rings is 1. The standard InChI is InChI=1S/C22H27N3O3S/c1-22(2,3)10-19(26)24-11-14-9-15(13-24)17-7-6-16(21(28)25(17)12-14)23-20(27)18-5-4-8-29-18/h4-8,14-15H,9-13H2,1-3H3,(H,23,27)/t14-,15-/m1/s1. The number of anilines is 1. The second kappa shape index (κ2) is 7.44. The molecule has 2 aliphatic rings. The van der Waals surface area contributed by atoms with E-state index in [0.29, 0.717) is 36.6 Å². The number of hydrogen-bond acceptors (Lipinski definition) is 4. The van der Waals surface area contributed by atoms with Gasteiger partial charge in [-0.05, 0) is 41.3 Å². The molecule has 4 rings (SSSR count). The van der Waals surface area contributed by atoms with Crippen molar-refractivity contribution in [3.05, 3.63) is 50.6 Å². The second-order valence-electron chi connectivity index (χ2n) is 9.35. The van der Waals surface area contributed by atoms with Gasteiger partial charge in [0.05, 0.1) is 4.88 Å². The molecule has 0 aliphatic carbocycles. The first-order chi connectivity index (χ1) is 13.7. The highest BCUT2D eigenvalue weighted by atomic mass is 32.1. The van der Waals surface area contributed by atoms with Gasteiger partial charge in [0.15, 0.2) is 0 Å². The predicted octanol–water partition coefficient (Wildman–Crippen LogP) is 3.54. The number of likely N-dealkylation sites (tertiary alicyclic amines) is 1. The smallest absolute Gasteiger partial charge is 0.274 e. The molecule has 29 heavy (non-hydrogen) atoms. The van der Waals surface area contributed by atoms with Crippen LogP contribution in [0.1, 0.15) is 54.9 Å². The van der Waals surface area contributed by atoms with E-state index in [1.165, 1.54) is 11.3 Å². The minimum Gasteiger partial charge on any atom is -0.342 e. The molecule has 0 aromatic carbocycles. The molecule has 0 radical (unpaired) electrons. The first-order valence-electron chi connectivity index (χ1n) is 10.1. The minimum atomic E-state index is -0.257. The number of carbonyl (C=O) groups excluding carboxylic acids is 2. The number of aromatic nitrogens is 1. The molecule has 7 heteroatoms. The highest BCUT2D eigenvalue weighted by Crippen LogP contribution is 2.36. The van der Waals surface area contributed by atoms with Crippen molar-refractivity contribution < 1.29 is 9.59 Å². The summed E-state index contributed by atoms with van der Waals surface area (Å²) in [5.74, 6) is 0.378. The molecule has 2 amide bonds. The van der Waals surface area contributed by atoms with Crippen LogP contribution >= 0.6 is 11.3 Å². The first-order valence-corrected chi connectivity index (χ1v) is 11.0. The van der Waals surface area contributed by atoms with Gasteiger partial charge in [-0.1, -0.05) is 26.8 Å². The Bertz CT molecular complexity index is 988. The third-order valence-electron chi connectivity index (χ3n) is 5.63. The molecule has 1 fully saturated rings. The number of pyridine rings is 1. The number of amides is 2. The van der Waals surface area contributed by atoms with Crippen LogP contribution in [0.2, 0.25) is 0 Å². The van der Waals surface area contributed by atoms with Crippen LogP contribution in [-0.4, -0.2) is 34.4 Å². The molecule has 0 saturated carbocycles. The zero-order valence-electron chi connectivity index (χ0n) is 17.1. The fraction of sp³-hybridized carbons (Fsp3) is 0.500. The highest BCUT2D eigenvalue weighted by Gasteiger charge is 2.37. The fourth-order valence-electron chi connectivity index (χ4n) is 4.40. The van der Waals surface area contributed by atoms with Crippen LogP contribution in [0.4, 0.5) is 5.69 Å². The SMILES string of the molecule is CC(C)(C)CC(=O)N1C[C@H]2C[C@H](C1)c1ccc(NC(=O)c3cccs3)c(=O)n1C2. The molecule has 2 aromatic heterocycles. The molecule has 4 heterocycles. The monoisotopic (exact) mass is 413 g/mol. The molecule has 2 aliphatic heterocycles. The second-order valence-corrected chi connectivity index (χ2v) is 10.3. The van der Waals surface area contributed by atoms with Gasteiger partial charge in [0, 0.05) is 37.7 Å². The van der Waals surface area contributed by atoms with Gasteiger partial charge in [-0.15, -0.1) is 11.3 Å². The third kappa shape index (κ3) is 4.15. The largest absolute Gasteiger partial charge is 0.342 e. The summed E-state index contributed by atoms with van der Waals surface area (Å²) in [6, 6.07) is 7.19. The van der Waals surface area contributed by atoms with E-state index >= 15 is 0 Å². The third-order valence-corrected chi connectivity index (χ3v) is 6.50. The number of nitrogens with zero attached hydrogens (tertiary/aromatic N) is 2. The number of hydrogen-bond donors (Lipinski definition) is 1. The maximum atomic E-state index is 13.0. The van der Waals surface area contributed by atoms with Crippen molar-refractivity contribution in [1.29, 1.82) is 0 Å². The quantitative estimate of drug-likeness (QED) is 0.837. The summed E-state index contributed by atoms with van der Waals surface area (Å²) in [6.45, 7) is 8.19. The Hall–Kier alpha value is -2.41. The van der Waals surface area contributed by atoms with Crippen LogP contribution in [0.3, 0.4) is 0 Å². The summed E-state index contributed by atoms with van der Waals surface area (Å²) < 4.78 is 1.80. The molecule has 1 N–H and O–H groups in total. The first kappa shape index (κ1) is 19.9. The van der Waals surface area contributed by atoms with E-state index in [9.17, 15) is 14.4 Å². The van der Waals surface area contributed by atoms with Crippen LogP contribution in [-0.2, 0) is 11.3 Å². The van der Waals surface area contributed by atoms with Crippen LogP contribution < -0.4 is 10.9 Å². The lowest BCUT2D eigenvalue weighted by Crippen LogP contribution is -2.49. The summed E-state index contributed by atoms with van der Waals surface area (Å²) in [6.07, 6.45) is 1.53. The molecule has 6 nitrogen and oxygen atoms in total. The minimum absolute atomic E-state index is 0.0336. The normalized spacial score (nSPS) is 20.9. The van der Waals surface area contributed by atoms with Crippen LogP contribution in [0, 0.1) is 11.3 Å². The van der Waals surface area contributed by atoms with Crippen molar-refractivity contribution in [2.75, 3.05) is 18.4 Å². The van der Waals surface area contributed by atoms with Gasteiger partial charge in [-0.2, -0.15) is 0 Å². The van der Waals surface area contributed by atoms with Gasteiger partial charge < -0.3 is 14.8 Å². The maximum absolute atomic E-state index is 13.0. The zero-order valence-corrected chi connectivity index (χ0v) is 17.9. The van der Waals surface area contributed by atoms with E-state index in [2.05, 4.69) is 26.1 Å². The fourth-order valence-corrected chi connectivity index (χ4v) is 5.02. The van der Waals surface area contributed by atoms with E-state index in [4.69, 9.17) is 0 Å². The van der Waals surface area contributed by atoms with E-state index in [0.717, 1.165) is 12.1 Å². The molecule has 0 unspecified atom stereocenters. The summed E-state index contributed by atoms with van der Waals surface area (Å²) in [5, 5.41) is 4.59. The Morgan fingerprint density at radius 2 is 1.97 bits per heavy atom. The summed E-state index contributed by atoms with van der Waals surface area (Å²) in [4.78, 5) is 40.6. The summed E-state index contributed by atoms with van der Waals surface area (Å²) >= 11 is 1.35. The van der Waals surface area contributed by atoms with E-state index < -0.39 is 0 Å². The van der Waals surface area contributed by atoms with Crippen LogP contribution in [0.5, 0.6) is 0 Å². The molecular formula is C22H27N3O3S.